The van der Waals surface area contributed by atoms with Gasteiger partial charge in [-0.15, -0.1) is 0 Å². The Hall–Kier alpha value is -5.94. The molecule has 28 heteroatoms. The molecule has 0 spiro atoms. The summed E-state index contributed by atoms with van der Waals surface area (Å²) in [4.78, 5) is 22.0. The van der Waals surface area contributed by atoms with E-state index >= 15 is 0 Å². The summed E-state index contributed by atoms with van der Waals surface area (Å²) in [5.74, 6) is -0.623. The van der Waals surface area contributed by atoms with Gasteiger partial charge >= 0.3 is 0 Å². The van der Waals surface area contributed by atoms with Crippen LogP contribution in [-0.4, -0.2) is 81.8 Å². The molecule has 0 fully saturated rings. The summed E-state index contributed by atoms with van der Waals surface area (Å²) in [6.07, 6.45) is 2.32. The number of hydrogen-bond acceptors (Lipinski definition) is 18. The zero-order chi connectivity index (χ0) is 43.6. The predicted octanol–water partition coefficient (Wildman–Crippen LogP) is 5.50. The summed E-state index contributed by atoms with van der Waals surface area (Å²) in [5.41, 5.74) is 0.419. The van der Waals surface area contributed by atoms with Crippen LogP contribution in [0.5, 0.6) is 0 Å². The SMILES string of the molecule is O=S(=O)(O)c1ccc(Nc2nc(Cl)nc(Nc3ccc(/C=C/c4ccc(Nc5nc(Cl)nc(Nc6ccc(S(=O)(=O)O)cc6)n5)cc4S(=O)(=O)O)c(S(=O)(=O)O)c3)n2)cc1. The van der Waals surface area contributed by atoms with Crippen molar-refractivity contribution >= 4 is 122 Å². The second-order valence-corrected chi connectivity index (χ2v) is 18.1. The van der Waals surface area contributed by atoms with Gasteiger partial charge in [-0.05, 0) is 107 Å². The molecule has 0 bridgehead atoms. The maximum Gasteiger partial charge on any atom is 0.295 e. The molecule has 2 aromatic heterocycles. The van der Waals surface area contributed by atoms with E-state index < -0.39 is 50.3 Å². The highest BCUT2D eigenvalue weighted by Crippen LogP contribution is 2.29. The van der Waals surface area contributed by atoms with Gasteiger partial charge in [-0.1, -0.05) is 24.3 Å². The summed E-state index contributed by atoms with van der Waals surface area (Å²) >= 11 is 12.1. The monoisotopic (exact) mass is 938 g/mol. The number of nitrogens with zero attached hydrogens (tertiary/aromatic N) is 6. The van der Waals surface area contributed by atoms with Gasteiger partial charge in [-0.2, -0.15) is 63.6 Å². The summed E-state index contributed by atoms with van der Waals surface area (Å²) < 4.78 is 134. The molecule has 0 unspecified atom stereocenters. The number of aromatic nitrogens is 6. The maximum atomic E-state index is 12.5. The summed E-state index contributed by atoms with van der Waals surface area (Å²) in [6, 6.07) is 17.0. The van der Waals surface area contributed by atoms with Crippen LogP contribution in [0.15, 0.2) is 105 Å². The fourth-order valence-electron chi connectivity index (χ4n) is 4.99. The van der Waals surface area contributed by atoms with E-state index in [0.717, 1.165) is 48.6 Å². The standard InChI is InChI=1S/C32H24Cl2N10O12S4/c33-27-39-29(35-19-7-11-23(12-8-19)57(45,46)47)43-31(41-27)37-21-5-3-17(25(15-21)59(51,52)53)1-2-18-4-6-22(16-26(18)60(54,55)56)38-32-42-28(34)40-30(44-32)36-20-9-13-24(14-10-20)58(48,49)50/h1-16H,(H,45,46,47)(H,48,49,50)(H,51,52,53)(H,54,55,56)(H2,35,37,39,41,43)(H2,36,38,40,42,44)/b2-1+. The lowest BCUT2D eigenvalue weighted by Gasteiger charge is -2.11. The quantitative estimate of drug-likeness (QED) is 0.0494. The minimum Gasteiger partial charge on any atom is -0.324 e. The van der Waals surface area contributed by atoms with Crippen LogP contribution in [0.1, 0.15) is 11.1 Å². The third kappa shape index (κ3) is 11.4. The number of halogens is 2. The summed E-state index contributed by atoms with van der Waals surface area (Å²) in [6.45, 7) is 0. The van der Waals surface area contributed by atoms with E-state index in [2.05, 4.69) is 51.2 Å². The van der Waals surface area contributed by atoms with Crippen LogP contribution in [-0.2, 0) is 40.5 Å². The van der Waals surface area contributed by atoms with Crippen molar-refractivity contribution in [1.29, 1.82) is 0 Å². The number of benzene rings is 4. The first kappa shape index (κ1) is 43.6. The molecule has 0 aliphatic heterocycles. The van der Waals surface area contributed by atoms with Crippen LogP contribution >= 0.6 is 23.2 Å². The lowest BCUT2D eigenvalue weighted by Crippen LogP contribution is -2.06. The largest absolute Gasteiger partial charge is 0.324 e. The maximum absolute atomic E-state index is 12.5. The van der Waals surface area contributed by atoms with Crippen LogP contribution in [0, 0.1) is 0 Å². The molecule has 0 saturated heterocycles. The third-order valence-electron chi connectivity index (χ3n) is 7.57. The molecule has 0 radical (unpaired) electrons. The van der Waals surface area contributed by atoms with Gasteiger partial charge in [-0.3, -0.25) is 18.2 Å². The molecule has 6 aromatic rings. The Bertz CT molecular complexity index is 2920. The van der Waals surface area contributed by atoms with E-state index in [1.165, 1.54) is 48.5 Å². The van der Waals surface area contributed by atoms with Crippen molar-refractivity contribution in [2.75, 3.05) is 21.3 Å². The normalized spacial score (nSPS) is 12.3. The van der Waals surface area contributed by atoms with Crippen molar-refractivity contribution in [2.45, 2.75) is 19.6 Å². The van der Waals surface area contributed by atoms with E-state index in [9.17, 15) is 51.9 Å². The Morgan fingerprint density at radius 1 is 0.400 bits per heavy atom. The molecular weight excluding hydrogens is 916 g/mol. The minimum atomic E-state index is -4.93. The first-order chi connectivity index (χ1) is 28.0. The fraction of sp³-hybridized carbons (Fsp3) is 0. The van der Waals surface area contributed by atoms with Gasteiger partial charge in [0.2, 0.25) is 34.4 Å². The average molecular weight is 940 g/mol. The fourth-order valence-corrected chi connectivity index (χ4v) is 7.69. The van der Waals surface area contributed by atoms with E-state index in [1.807, 2.05) is 0 Å². The third-order valence-corrected chi connectivity index (χ3v) is 11.5. The molecule has 2 heterocycles. The topological polar surface area (TPSA) is 343 Å². The smallest absolute Gasteiger partial charge is 0.295 e. The van der Waals surface area contributed by atoms with Gasteiger partial charge in [0.15, 0.2) is 0 Å². The van der Waals surface area contributed by atoms with Gasteiger partial charge < -0.3 is 21.3 Å². The molecular formula is C32H24Cl2N10O12S4. The Kier molecular flexibility index (Phi) is 12.3. The zero-order valence-corrected chi connectivity index (χ0v) is 34.1. The molecule has 4 aromatic carbocycles. The summed E-state index contributed by atoms with van der Waals surface area (Å²) in [7, 11) is -18.7. The molecule has 0 amide bonds. The predicted molar refractivity (Wildman–Crippen MR) is 217 cm³/mol. The van der Waals surface area contributed by atoms with Crippen molar-refractivity contribution in [3.8, 4) is 0 Å². The first-order valence-corrected chi connectivity index (χ1v) is 22.5. The van der Waals surface area contributed by atoms with Crippen LogP contribution in [0.4, 0.5) is 46.5 Å². The van der Waals surface area contributed by atoms with E-state index in [1.54, 1.807) is 0 Å². The van der Waals surface area contributed by atoms with Crippen molar-refractivity contribution in [1.82, 2.24) is 29.9 Å². The molecule has 60 heavy (non-hydrogen) atoms. The van der Waals surface area contributed by atoms with Crippen LogP contribution < -0.4 is 21.3 Å². The Labute approximate surface area is 349 Å². The Morgan fingerprint density at radius 2 is 0.683 bits per heavy atom. The highest BCUT2D eigenvalue weighted by molar-refractivity contribution is 7.86. The van der Waals surface area contributed by atoms with Gasteiger partial charge in [0.25, 0.3) is 40.5 Å². The molecule has 0 aliphatic rings. The number of hydrogen-bond donors (Lipinski definition) is 8. The summed E-state index contributed by atoms with van der Waals surface area (Å²) in [5, 5.41) is 10.4. The highest BCUT2D eigenvalue weighted by atomic mass is 35.5. The van der Waals surface area contributed by atoms with E-state index in [-0.39, 0.29) is 66.7 Å². The van der Waals surface area contributed by atoms with Gasteiger partial charge in [0.05, 0.1) is 9.79 Å². The zero-order valence-electron chi connectivity index (χ0n) is 29.4. The van der Waals surface area contributed by atoms with E-state index in [0.29, 0.717) is 11.4 Å². The van der Waals surface area contributed by atoms with Crippen molar-refractivity contribution < 1.29 is 51.9 Å². The molecule has 6 rings (SSSR count). The van der Waals surface area contributed by atoms with Gasteiger partial charge in [0.1, 0.15) is 9.79 Å². The second-order valence-electron chi connectivity index (χ2n) is 11.8. The molecule has 0 saturated carbocycles. The van der Waals surface area contributed by atoms with Gasteiger partial charge in [-0.25, -0.2) is 0 Å². The first-order valence-electron chi connectivity index (χ1n) is 16.0. The second kappa shape index (κ2) is 17.0. The number of nitrogens with one attached hydrogen (secondary N) is 4. The van der Waals surface area contributed by atoms with Crippen LogP contribution in [0.2, 0.25) is 10.6 Å². The highest BCUT2D eigenvalue weighted by Gasteiger charge is 2.19. The van der Waals surface area contributed by atoms with Crippen LogP contribution in [0.3, 0.4) is 0 Å². The molecule has 312 valence electrons. The Morgan fingerprint density at radius 3 is 0.967 bits per heavy atom. The van der Waals surface area contributed by atoms with E-state index in [4.69, 9.17) is 23.2 Å². The lowest BCUT2D eigenvalue weighted by atomic mass is 10.1. The molecule has 22 nitrogen and oxygen atoms in total. The number of rotatable bonds is 14. The molecule has 8 N–H and O–H groups in total. The average Bonchev–Trinajstić information content (AvgIpc) is 3.13. The van der Waals surface area contributed by atoms with Crippen molar-refractivity contribution in [3.05, 3.63) is 107 Å². The Balaban J connectivity index is 1.22. The van der Waals surface area contributed by atoms with Gasteiger partial charge in [0, 0.05) is 22.7 Å². The van der Waals surface area contributed by atoms with Crippen molar-refractivity contribution in [3.63, 3.8) is 0 Å². The number of anilines is 8. The lowest BCUT2D eigenvalue weighted by molar-refractivity contribution is 0.480. The molecule has 0 atom stereocenters. The van der Waals surface area contributed by atoms with Crippen molar-refractivity contribution in [2.24, 2.45) is 0 Å². The van der Waals surface area contributed by atoms with Crippen LogP contribution in [0.25, 0.3) is 12.2 Å². The minimum absolute atomic E-state index is 0.0337. The molecule has 0 aliphatic carbocycles.